The Morgan fingerprint density at radius 3 is 2.05 bits per heavy atom. The van der Waals surface area contributed by atoms with Crippen LogP contribution in [-0.4, -0.2) is 34.9 Å². The van der Waals surface area contributed by atoms with Gasteiger partial charge in [0.25, 0.3) is 0 Å². The van der Waals surface area contributed by atoms with Crippen molar-refractivity contribution in [3.8, 4) is 0 Å². The molecule has 2 atom stereocenters. The molecule has 6 nitrogen and oxygen atoms in total. The number of aromatic nitrogens is 2. The van der Waals surface area contributed by atoms with E-state index in [1.807, 2.05) is 0 Å². The molecule has 0 unspecified atom stereocenters. The number of hydrogen-bond acceptors (Lipinski definition) is 5. The summed E-state index contributed by atoms with van der Waals surface area (Å²) in [7, 11) is -4.65. The van der Waals surface area contributed by atoms with Gasteiger partial charge in [-0.3, -0.25) is 0 Å². The van der Waals surface area contributed by atoms with Crippen LogP contribution in [0, 0.1) is 6.92 Å². The summed E-state index contributed by atoms with van der Waals surface area (Å²) in [6.45, 7) is 2.17. The molecular formula is C9H12F3N3O3S. The molecule has 0 aliphatic heterocycles. The predicted octanol–water partition coefficient (Wildman–Crippen LogP) is 0.212. The summed E-state index contributed by atoms with van der Waals surface area (Å²) >= 11 is 0. The van der Waals surface area contributed by atoms with Crippen LogP contribution in [0.2, 0.25) is 0 Å². The van der Waals surface area contributed by atoms with Gasteiger partial charge in [0.05, 0.1) is 0 Å². The van der Waals surface area contributed by atoms with E-state index >= 15 is 0 Å². The summed E-state index contributed by atoms with van der Waals surface area (Å²) in [5, 5.41) is 12.1. The molecule has 0 fully saturated rings. The fourth-order valence-corrected chi connectivity index (χ4v) is 2.08. The fourth-order valence-electron chi connectivity index (χ4n) is 1.37. The van der Waals surface area contributed by atoms with Gasteiger partial charge in [-0.2, -0.15) is 13.2 Å². The maximum Gasteiger partial charge on any atom is 0.425 e. The highest BCUT2D eigenvalue weighted by Gasteiger charge is 2.63. The lowest BCUT2D eigenvalue weighted by atomic mass is 9.98. The van der Waals surface area contributed by atoms with Gasteiger partial charge >= 0.3 is 6.18 Å². The molecule has 1 aromatic heterocycles. The van der Waals surface area contributed by atoms with Crippen LogP contribution in [0.5, 0.6) is 0 Å². The molecule has 1 heterocycles. The van der Waals surface area contributed by atoms with E-state index in [-0.39, 0.29) is 0 Å². The molecule has 0 saturated carbocycles. The van der Waals surface area contributed by atoms with Crippen LogP contribution in [0.1, 0.15) is 18.3 Å². The number of nitrogens with zero attached hydrogens (tertiary/aromatic N) is 2. The maximum atomic E-state index is 13.0. The van der Waals surface area contributed by atoms with Gasteiger partial charge in [0.2, 0.25) is 15.6 Å². The van der Waals surface area contributed by atoms with Gasteiger partial charge in [-0.15, -0.1) is 0 Å². The van der Waals surface area contributed by atoms with Crippen LogP contribution in [0.4, 0.5) is 13.2 Å². The number of halogens is 3. The molecule has 0 radical (unpaired) electrons. The Labute approximate surface area is 107 Å². The van der Waals surface area contributed by atoms with Crippen molar-refractivity contribution >= 4 is 10.0 Å². The van der Waals surface area contributed by atoms with Crippen molar-refractivity contribution in [3.63, 3.8) is 0 Å². The van der Waals surface area contributed by atoms with Crippen molar-refractivity contribution in [3.05, 3.63) is 23.8 Å². The van der Waals surface area contributed by atoms with E-state index in [0.29, 0.717) is 12.5 Å². The lowest BCUT2D eigenvalue weighted by Crippen LogP contribution is -2.55. The van der Waals surface area contributed by atoms with Gasteiger partial charge in [0.15, 0.2) is 5.82 Å². The number of nitrogens with two attached hydrogens (primary N) is 1. The number of sulfonamides is 1. The Morgan fingerprint density at radius 1 is 1.32 bits per heavy atom. The molecule has 0 amide bonds. The van der Waals surface area contributed by atoms with Crippen molar-refractivity contribution < 1.29 is 26.7 Å². The molecular weight excluding hydrogens is 287 g/mol. The van der Waals surface area contributed by atoms with Gasteiger partial charge in [0, 0.05) is 12.4 Å². The molecule has 0 spiro atoms. The first-order valence-corrected chi connectivity index (χ1v) is 6.61. The SMILES string of the molecule is Cc1cnc([C@](O)([C@H](C)S(N)(=O)=O)C(F)(F)F)nc1. The van der Waals surface area contributed by atoms with Crippen LogP contribution < -0.4 is 5.14 Å². The van der Waals surface area contributed by atoms with Gasteiger partial charge in [0.1, 0.15) is 5.25 Å². The van der Waals surface area contributed by atoms with Gasteiger partial charge in [-0.1, -0.05) is 0 Å². The van der Waals surface area contributed by atoms with E-state index in [2.05, 4.69) is 15.1 Å². The Balaban J connectivity index is 3.50. The number of alkyl halides is 3. The second kappa shape index (κ2) is 4.69. The van der Waals surface area contributed by atoms with Crippen LogP contribution in [0.25, 0.3) is 0 Å². The molecule has 0 aromatic carbocycles. The van der Waals surface area contributed by atoms with Crippen molar-refractivity contribution in [2.24, 2.45) is 5.14 Å². The average Bonchev–Trinajstić information content (AvgIpc) is 2.25. The number of aliphatic hydroxyl groups is 1. The maximum absolute atomic E-state index is 13.0. The van der Waals surface area contributed by atoms with Crippen molar-refractivity contribution in [2.45, 2.75) is 30.9 Å². The first-order valence-electron chi connectivity index (χ1n) is 5.00. The van der Waals surface area contributed by atoms with Crippen LogP contribution >= 0.6 is 0 Å². The third-order valence-electron chi connectivity index (χ3n) is 2.64. The van der Waals surface area contributed by atoms with E-state index < -0.39 is 32.9 Å². The number of aryl methyl sites for hydroxylation is 1. The normalized spacial score (nSPS) is 17.8. The van der Waals surface area contributed by atoms with E-state index in [1.165, 1.54) is 6.92 Å². The highest BCUT2D eigenvalue weighted by molar-refractivity contribution is 7.89. The molecule has 108 valence electrons. The Morgan fingerprint density at radius 2 is 1.74 bits per heavy atom. The molecule has 3 N–H and O–H groups in total. The smallest absolute Gasteiger partial charge is 0.373 e. The highest BCUT2D eigenvalue weighted by Crippen LogP contribution is 2.41. The fraction of sp³-hybridized carbons (Fsp3) is 0.556. The average molecular weight is 299 g/mol. The van der Waals surface area contributed by atoms with Crippen LogP contribution in [-0.2, 0) is 15.6 Å². The van der Waals surface area contributed by atoms with E-state index in [1.54, 1.807) is 0 Å². The first kappa shape index (κ1) is 15.8. The molecule has 0 aliphatic carbocycles. The Bertz CT molecular complexity index is 558. The summed E-state index contributed by atoms with van der Waals surface area (Å²) < 4.78 is 61.3. The minimum Gasteiger partial charge on any atom is -0.373 e. The third kappa shape index (κ3) is 2.85. The first-order chi connectivity index (χ1) is 8.40. The van der Waals surface area contributed by atoms with Crippen molar-refractivity contribution in [2.75, 3.05) is 0 Å². The Kier molecular flexibility index (Phi) is 3.90. The van der Waals surface area contributed by atoms with E-state index in [9.17, 15) is 26.7 Å². The second-order valence-electron chi connectivity index (χ2n) is 4.08. The lowest BCUT2D eigenvalue weighted by Gasteiger charge is -2.32. The van der Waals surface area contributed by atoms with E-state index in [0.717, 1.165) is 12.4 Å². The largest absolute Gasteiger partial charge is 0.425 e. The zero-order chi connectivity index (χ0) is 15.1. The summed E-state index contributed by atoms with van der Waals surface area (Å²) in [5.74, 6) is -1.06. The summed E-state index contributed by atoms with van der Waals surface area (Å²) in [4.78, 5) is 6.70. The molecule has 0 saturated heterocycles. The molecule has 10 heteroatoms. The summed E-state index contributed by atoms with van der Waals surface area (Å²) in [6.07, 6.45) is -3.22. The van der Waals surface area contributed by atoms with Crippen LogP contribution in [0.15, 0.2) is 12.4 Å². The molecule has 1 aromatic rings. The zero-order valence-electron chi connectivity index (χ0n) is 10.0. The molecule has 0 aliphatic rings. The van der Waals surface area contributed by atoms with Crippen molar-refractivity contribution in [1.29, 1.82) is 0 Å². The topological polar surface area (TPSA) is 106 Å². The third-order valence-corrected chi connectivity index (χ3v) is 3.96. The highest BCUT2D eigenvalue weighted by atomic mass is 32.2. The van der Waals surface area contributed by atoms with Crippen molar-refractivity contribution in [1.82, 2.24) is 9.97 Å². The van der Waals surface area contributed by atoms with Gasteiger partial charge in [-0.25, -0.2) is 23.5 Å². The minimum absolute atomic E-state index is 0.455. The lowest BCUT2D eigenvalue weighted by molar-refractivity contribution is -0.268. The monoisotopic (exact) mass is 299 g/mol. The number of hydrogen-bond donors (Lipinski definition) is 2. The number of rotatable bonds is 3. The number of primary sulfonamides is 1. The minimum atomic E-state index is -5.30. The quantitative estimate of drug-likeness (QED) is 0.830. The zero-order valence-corrected chi connectivity index (χ0v) is 10.8. The van der Waals surface area contributed by atoms with Crippen LogP contribution in [0.3, 0.4) is 0 Å². The summed E-state index contributed by atoms with van der Waals surface area (Å²) in [5.41, 5.74) is -3.31. The molecule has 1 rings (SSSR count). The standard InChI is InChI=1S/C9H12F3N3O3S/c1-5-3-14-7(15-4-5)8(16,9(10,11)12)6(2)19(13,17)18/h3-4,6,16H,1-2H3,(H2,13,17,18)/t6-,8+/m0/s1. The predicted molar refractivity (Wildman–Crippen MR) is 59.3 cm³/mol. The molecule has 0 bridgehead atoms. The van der Waals surface area contributed by atoms with E-state index in [4.69, 9.17) is 0 Å². The Hall–Kier alpha value is -1.26. The summed E-state index contributed by atoms with van der Waals surface area (Å²) in [6, 6.07) is 0. The van der Waals surface area contributed by atoms with Gasteiger partial charge in [-0.05, 0) is 19.4 Å². The second-order valence-corrected chi connectivity index (χ2v) is 5.96. The molecule has 19 heavy (non-hydrogen) atoms. The van der Waals surface area contributed by atoms with Gasteiger partial charge < -0.3 is 5.11 Å².